The minimum absolute atomic E-state index is 0.0244. The Morgan fingerprint density at radius 3 is 2.76 bits per heavy atom. The molecule has 0 saturated heterocycles. The van der Waals surface area contributed by atoms with Crippen LogP contribution in [0.4, 0.5) is 19.0 Å². The lowest BCUT2D eigenvalue weighted by Gasteiger charge is -2.21. The number of halogens is 3. The van der Waals surface area contributed by atoms with E-state index in [2.05, 4.69) is 20.3 Å². The summed E-state index contributed by atoms with van der Waals surface area (Å²) in [5.41, 5.74) is 0.286. The Labute approximate surface area is 193 Å². The number of nitrogens with zero attached hydrogens (tertiary/aromatic N) is 2. The van der Waals surface area contributed by atoms with Crippen molar-refractivity contribution in [3.8, 4) is 0 Å². The Morgan fingerprint density at radius 1 is 1.32 bits per heavy atom. The fourth-order valence-electron chi connectivity index (χ4n) is 4.15. The van der Waals surface area contributed by atoms with E-state index in [9.17, 15) is 23.1 Å². The quantitative estimate of drug-likeness (QED) is 0.431. The normalized spacial score (nSPS) is 17.5. The molecular weight excluding hydrogens is 449 g/mol. The third-order valence-corrected chi connectivity index (χ3v) is 5.99. The summed E-state index contributed by atoms with van der Waals surface area (Å²) in [5, 5.41) is 22.3. The third-order valence-electron chi connectivity index (χ3n) is 5.99. The van der Waals surface area contributed by atoms with Crippen molar-refractivity contribution in [2.45, 2.75) is 51.2 Å². The Balaban J connectivity index is 1.76. The predicted molar refractivity (Wildman–Crippen MR) is 122 cm³/mol. The highest BCUT2D eigenvalue weighted by Crippen LogP contribution is 2.34. The number of anilines is 1. The highest BCUT2D eigenvalue weighted by atomic mass is 19.3. The summed E-state index contributed by atoms with van der Waals surface area (Å²) in [6, 6.07) is 4.51. The number of aromatic amines is 1. The Bertz CT molecular complexity index is 1320. The largest absolute Gasteiger partial charge is 0.393 e. The van der Waals surface area contributed by atoms with Crippen LogP contribution in [0.15, 0.2) is 35.1 Å². The molecule has 1 aromatic carbocycles. The highest BCUT2D eigenvalue weighted by molar-refractivity contribution is 5.89. The van der Waals surface area contributed by atoms with E-state index < -0.39 is 36.1 Å². The molecule has 1 aliphatic carbocycles. The van der Waals surface area contributed by atoms with E-state index in [0.29, 0.717) is 41.9 Å². The SMILES string of the molecule is Cc1nc(NC(C)c2cccc(C(F)(F)CO)c2F)c2cc(C3=CCC(O)CC3)c(=O)[nH]c2n1. The molecule has 2 aromatic heterocycles. The molecule has 4 rings (SSSR count). The summed E-state index contributed by atoms with van der Waals surface area (Å²) < 4.78 is 42.9. The zero-order valence-corrected chi connectivity index (χ0v) is 18.7. The zero-order chi connectivity index (χ0) is 24.6. The van der Waals surface area contributed by atoms with Crippen LogP contribution < -0.4 is 10.9 Å². The number of hydrogen-bond donors (Lipinski definition) is 4. The number of benzene rings is 1. The van der Waals surface area contributed by atoms with Gasteiger partial charge in [0.25, 0.3) is 11.5 Å². The summed E-state index contributed by atoms with van der Waals surface area (Å²) >= 11 is 0. The molecule has 0 bridgehead atoms. The molecule has 2 atom stereocenters. The summed E-state index contributed by atoms with van der Waals surface area (Å²) in [5.74, 6) is -4.17. The molecule has 34 heavy (non-hydrogen) atoms. The van der Waals surface area contributed by atoms with E-state index in [1.807, 2.05) is 6.08 Å². The van der Waals surface area contributed by atoms with Gasteiger partial charge in [-0.3, -0.25) is 4.79 Å². The number of aliphatic hydroxyl groups is 2. The molecule has 2 unspecified atom stereocenters. The molecule has 2 heterocycles. The molecule has 10 heteroatoms. The van der Waals surface area contributed by atoms with Crippen LogP contribution in [-0.2, 0) is 5.92 Å². The van der Waals surface area contributed by atoms with Crippen molar-refractivity contribution in [1.29, 1.82) is 0 Å². The minimum Gasteiger partial charge on any atom is -0.393 e. The van der Waals surface area contributed by atoms with Crippen molar-refractivity contribution in [3.63, 3.8) is 0 Å². The monoisotopic (exact) mass is 474 g/mol. The number of nitrogens with one attached hydrogen (secondary N) is 2. The van der Waals surface area contributed by atoms with Crippen LogP contribution in [0.2, 0.25) is 0 Å². The van der Waals surface area contributed by atoms with Gasteiger partial charge in [-0.1, -0.05) is 18.2 Å². The fourth-order valence-corrected chi connectivity index (χ4v) is 4.15. The molecule has 7 nitrogen and oxygen atoms in total. The van der Waals surface area contributed by atoms with Gasteiger partial charge in [0.1, 0.15) is 29.7 Å². The number of aromatic nitrogens is 3. The lowest BCUT2D eigenvalue weighted by molar-refractivity contribution is -0.0583. The van der Waals surface area contributed by atoms with E-state index in [0.717, 1.165) is 11.6 Å². The van der Waals surface area contributed by atoms with Gasteiger partial charge in [-0.15, -0.1) is 0 Å². The van der Waals surface area contributed by atoms with Gasteiger partial charge in [0.15, 0.2) is 0 Å². The minimum atomic E-state index is -3.71. The first kappa shape index (κ1) is 23.9. The van der Waals surface area contributed by atoms with Crippen molar-refractivity contribution in [2.24, 2.45) is 0 Å². The van der Waals surface area contributed by atoms with E-state index in [1.165, 1.54) is 12.1 Å². The van der Waals surface area contributed by atoms with Crippen LogP contribution in [0, 0.1) is 12.7 Å². The maximum absolute atomic E-state index is 15.0. The van der Waals surface area contributed by atoms with Crippen molar-refractivity contribution in [1.82, 2.24) is 15.0 Å². The fraction of sp³-hybridized carbons (Fsp3) is 0.375. The summed E-state index contributed by atoms with van der Waals surface area (Å²) in [6.45, 7) is 1.73. The third kappa shape index (κ3) is 4.55. The number of fused-ring (bicyclic) bond motifs is 1. The molecule has 3 aromatic rings. The van der Waals surface area contributed by atoms with E-state index in [4.69, 9.17) is 5.11 Å². The molecule has 1 aliphatic rings. The molecule has 0 fully saturated rings. The summed E-state index contributed by atoms with van der Waals surface area (Å²) in [6.07, 6.45) is 2.93. The molecule has 0 spiro atoms. The Morgan fingerprint density at radius 2 is 2.09 bits per heavy atom. The number of alkyl halides is 2. The molecule has 0 aliphatic heterocycles. The van der Waals surface area contributed by atoms with Crippen molar-refractivity contribution >= 4 is 22.4 Å². The lowest BCUT2D eigenvalue weighted by atomic mass is 9.92. The number of aliphatic hydroxyl groups excluding tert-OH is 2. The van der Waals surface area contributed by atoms with Crippen molar-refractivity contribution < 1.29 is 23.4 Å². The Kier molecular flexibility index (Phi) is 6.46. The highest BCUT2D eigenvalue weighted by Gasteiger charge is 2.35. The average molecular weight is 474 g/mol. The maximum Gasteiger partial charge on any atom is 0.298 e. The van der Waals surface area contributed by atoms with E-state index >= 15 is 0 Å². The Hall–Kier alpha value is -3.24. The van der Waals surface area contributed by atoms with Gasteiger partial charge < -0.3 is 20.5 Å². The molecule has 4 N–H and O–H groups in total. The number of H-pyrrole nitrogens is 1. The van der Waals surface area contributed by atoms with Crippen LogP contribution in [-0.4, -0.2) is 37.9 Å². The van der Waals surface area contributed by atoms with Crippen LogP contribution in [0.3, 0.4) is 0 Å². The first-order valence-corrected chi connectivity index (χ1v) is 10.9. The average Bonchev–Trinajstić information content (AvgIpc) is 2.79. The molecule has 0 amide bonds. The molecular formula is C24H25F3N4O3. The zero-order valence-electron chi connectivity index (χ0n) is 18.7. The van der Waals surface area contributed by atoms with Crippen LogP contribution in [0.25, 0.3) is 16.6 Å². The maximum atomic E-state index is 15.0. The van der Waals surface area contributed by atoms with Crippen LogP contribution in [0.1, 0.15) is 54.7 Å². The number of pyridine rings is 1. The summed E-state index contributed by atoms with van der Waals surface area (Å²) in [7, 11) is 0. The molecule has 0 radical (unpaired) electrons. The first-order valence-electron chi connectivity index (χ1n) is 10.9. The van der Waals surface area contributed by atoms with Gasteiger partial charge >= 0.3 is 0 Å². The topological polar surface area (TPSA) is 111 Å². The van der Waals surface area contributed by atoms with Gasteiger partial charge in [-0.2, -0.15) is 8.78 Å². The number of hydrogen-bond acceptors (Lipinski definition) is 6. The second kappa shape index (κ2) is 9.19. The number of rotatable bonds is 6. The van der Waals surface area contributed by atoms with Gasteiger partial charge in [0.05, 0.1) is 23.1 Å². The number of aryl methyl sites for hydroxylation is 1. The first-order chi connectivity index (χ1) is 16.1. The van der Waals surface area contributed by atoms with Crippen LogP contribution in [0.5, 0.6) is 0 Å². The smallest absolute Gasteiger partial charge is 0.298 e. The van der Waals surface area contributed by atoms with Gasteiger partial charge in [0, 0.05) is 11.1 Å². The second-order valence-corrected chi connectivity index (χ2v) is 8.49. The summed E-state index contributed by atoms with van der Waals surface area (Å²) in [4.78, 5) is 24.1. The molecule has 0 saturated carbocycles. The standard InChI is InChI=1S/C24H25F3N4O3/c1-12(16-4-3-5-19(20(16)25)24(26,27)11-32)28-21-18-10-17(14-6-8-15(33)9-7-14)23(34)31-22(18)30-13(2)29-21/h3-6,10,12,15,32-33H,7-9,11H2,1-2H3,(H2,28,29,30,31,34). The van der Waals surface area contributed by atoms with E-state index in [-0.39, 0.29) is 16.8 Å². The van der Waals surface area contributed by atoms with Gasteiger partial charge in [-0.05, 0) is 50.8 Å². The van der Waals surface area contributed by atoms with Crippen LogP contribution >= 0.6 is 0 Å². The van der Waals surface area contributed by atoms with Gasteiger partial charge in [0.2, 0.25) is 0 Å². The molecule has 180 valence electrons. The van der Waals surface area contributed by atoms with E-state index in [1.54, 1.807) is 19.9 Å². The van der Waals surface area contributed by atoms with Crippen molar-refractivity contribution in [3.05, 3.63) is 69.0 Å². The second-order valence-electron chi connectivity index (χ2n) is 8.49. The van der Waals surface area contributed by atoms with Crippen molar-refractivity contribution in [2.75, 3.05) is 11.9 Å². The predicted octanol–water partition coefficient (Wildman–Crippen LogP) is 3.95. The lowest BCUT2D eigenvalue weighted by Crippen LogP contribution is -2.22. The number of allylic oxidation sites excluding steroid dienone is 1. The van der Waals surface area contributed by atoms with Gasteiger partial charge in [-0.25, -0.2) is 14.4 Å².